The first kappa shape index (κ1) is 31.1. The van der Waals surface area contributed by atoms with Gasteiger partial charge >= 0.3 is 13.8 Å². The number of nitrogens with one attached hydrogen (secondary N) is 1. The van der Waals surface area contributed by atoms with Crippen LogP contribution >= 0.6 is 31.2 Å². The predicted octanol–water partition coefficient (Wildman–Crippen LogP) is 3.38. The lowest BCUT2D eigenvalue weighted by molar-refractivity contribution is -0.190. The molecule has 39 heavy (non-hydrogen) atoms. The number of halogens is 4. The highest BCUT2D eigenvalue weighted by Gasteiger charge is 2.48. The molecule has 11 nitrogen and oxygen atoms in total. The molecule has 0 fully saturated rings. The van der Waals surface area contributed by atoms with Gasteiger partial charge in [0.05, 0.1) is 15.5 Å². The van der Waals surface area contributed by atoms with Gasteiger partial charge in [-0.05, 0) is 41.3 Å². The Hall–Kier alpha value is -2.39. The van der Waals surface area contributed by atoms with Crippen LogP contribution in [0.25, 0.3) is 10.1 Å². The van der Waals surface area contributed by atoms with Crippen molar-refractivity contribution in [2.24, 2.45) is 5.73 Å². The second-order valence-corrected chi connectivity index (χ2v) is 13.5. The van der Waals surface area contributed by atoms with Crippen LogP contribution in [0, 0.1) is 18.3 Å². The molecule has 1 aromatic heterocycles. The summed E-state index contributed by atoms with van der Waals surface area (Å²) in [5.74, 6) is 0.230. The van der Waals surface area contributed by atoms with Crippen molar-refractivity contribution in [2.45, 2.75) is 27.8 Å². The van der Waals surface area contributed by atoms with Gasteiger partial charge in [0, 0.05) is 22.2 Å². The fraction of sp³-hybridized carbons (Fsp3) is 0.250. The normalized spacial score (nSPS) is 13.7. The van der Waals surface area contributed by atoms with Crippen LogP contribution in [-0.2, 0) is 28.9 Å². The summed E-state index contributed by atoms with van der Waals surface area (Å²) in [6.07, 6.45) is -2.20. The topological polar surface area (TPSA) is 189 Å². The van der Waals surface area contributed by atoms with Crippen molar-refractivity contribution in [1.82, 2.24) is 4.72 Å². The Morgan fingerprint density at radius 3 is 2.49 bits per heavy atom. The molecule has 0 radical (unpaired) electrons. The molecule has 3 N–H and O–H groups in total. The van der Waals surface area contributed by atoms with Gasteiger partial charge in [-0.1, -0.05) is 17.7 Å². The average molecular weight is 646 g/mol. The smallest absolute Gasteiger partial charge is 0.501 e. The van der Waals surface area contributed by atoms with Crippen LogP contribution in [-0.4, -0.2) is 35.5 Å². The van der Waals surface area contributed by atoms with Crippen molar-refractivity contribution in [1.29, 1.82) is 5.26 Å². The maximum Gasteiger partial charge on any atom is 0.501 e. The summed E-state index contributed by atoms with van der Waals surface area (Å²) in [4.78, 5) is 9.82. The lowest BCUT2D eigenvalue weighted by Gasteiger charge is -2.17. The molecule has 3 rings (SSSR count). The second kappa shape index (κ2) is 11.6. The molecule has 0 saturated carbocycles. The Bertz CT molecular complexity index is 1710. The molecule has 0 aliphatic carbocycles. The maximum atomic E-state index is 13.3. The van der Waals surface area contributed by atoms with E-state index in [2.05, 4.69) is 4.52 Å². The van der Waals surface area contributed by atoms with Gasteiger partial charge in [0.1, 0.15) is 22.6 Å². The zero-order chi connectivity index (χ0) is 29.3. The largest absolute Gasteiger partial charge is 0.566 e. The Morgan fingerprint density at radius 1 is 1.26 bits per heavy atom. The van der Waals surface area contributed by atoms with Gasteiger partial charge in [-0.25, -0.2) is 16.8 Å². The molecule has 2 aromatic carbocycles. The molecule has 0 aliphatic heterocycles. The number of sulfonamides is 1. The number of nitrogens with two attached hydrogens (primary N) is 1. The number of sulfone groups is 1. The van der Waals surface area contributed by atoms with Gasteiger partial charge < -0.3 is 15.4 Å². The quantitative estimate of drug-likeness (QED) is 0.244. The number of rotatable bonds is 10. The highest BCUT2D eigenvalue weighted by atomic mass is 35.5. The average Bonchev–Trinajstić information content (AvgIpc) is 3.19. The number of nitrogens with zero attached hydrogens (tertiary/aromatic N) is 1. The van der Waals surface area contributed by atoms with E-state index in [0.29, 0.717) is 22.2 Å². The molecule has 0 spiro atoms. The Kier molecular flexibility index (Phi) is 9.27. The molecule has 19 heteroatoms. The van der Waals surface area contributed by atoms with Crippen molar-refractivity contribution in [2.75, 3.05) is 13.2 Å². The van der Waals surface area contributed by atoms with E-state index in [1.54, 1.807) is 0 Å². The lowest BCUT2D eigenvalue weighted by Crippen LogP contribution is -2.30. The van der Waals surface area contributed by atoms with E-state index in [1.807, 2.05) is 4.72 Å². The van der Waals surface area contributed by atoms with Crippen molar-refractivity contribution in [3.8, 4) is 11.8 Å². The van der Waals surface area contributed by atoms with E-state index in [1.165, 1.54) is 25.1 Å². The second-order valence-electron chi connectivity index (χ2n) is 7.55. The number of ether oxygens (including phenoxy) is 1. The van der Waals surface area contributed by atoms with E-state index in [0.717, 1.165) is 17.4 Å². The summed E-state index contributed by atoms with van der Waals surface area (Å²) in [5.41, 5.74) is -1.81. The molecule has 2 atom stereocenters. The van der Waals surface area contributed by atoms with E-state index in [-0.39, 0.29) is 33.7 Å². The first-order valence-electron chi connectivity index (χ1n) is 10.3. The number of aryl methyl sites for hydroxylation is 1. The minimum Gasteiger partial charge on any atom is -0.566 e. The summed E-state index contributed by atoms with van der Waals surface area (Å²) in [7, 11) is -14.6. The molecule has 210 valence electrons. The molecule has 0 aliphatic rings. The van der Waals surface area contributed by atoms with Gasteiger partial charge in [0.15, 0.2) is 0 Å². The number of thiophene rings is 1. The Morgan fingerprint density at radius 2 is 1.92 bits per heavy atom. The van der Waals surface area contributed by atoms with Crippen molar-refractivity contribution < 1.29 is 48.7 Å². The number of alkyl halides is 3. The van der Waals surface area contributed by atoms with E-state index < -0.39 is 55.9 Å². The minimum absolute atomic E-state index is 0.0840. The zero-order valence-electron chi connectivity index (χ0n) is 19.4. The summed E-state index contributed by atoms with van der Waals surface area (Å²) < 4.78 is 113. The lowest BCUT2D eigenvalue weighted by atomic mass is 10.1. The molecule has 0 amide bonds. The zero-order valence-corrected chi connectivity index (χ0v) is 23.5. The fourth-order valence-electron chi connectivity index (χ4n) is 3.36. The minimum atomic E-state index is -6.08. The summed E-state index contributed by atoms with van der Waals surface area (Å²) >= 11 is 7.13. The van der Waals surface area contributed by atoms with Gasteiger partial charge in [-0.3, -0.25) is 0 Å². The van der Waals surface area contributed by atoms with Gasteiger partial charge in [0.2, 0.25) is 6.23 Å². The molecule has 2 unspecified atom stereocenters. The number of fused-ring (bicyclic) bond motifs is 1. The van der Waals surface area contributed by atoms with Crippen molar-refractivity contribution >= 4 is 61.1 Å². The van der Waals surface area contributed by atoms with Gasteiger partial charge in [-0.2, -0.15) is 23.2 Å². The van der Waals surface area contributed by atoms with E-state index >= 15 is 0 Å². The summed E-state index contributed by atoms with van der Waals surface area (Å²) in [5, 5.41) is 9.49. The fourth-order valence-corrected chi connectivity index (χ4v) is 8.02. The maximum absolute atomic E-state index is 13.3. The standard InChI is InChI=1S/C20H16ClF3N3O8PS3/c1-10-16-14(5-4-13(17(16)21)34-7-6-25)37-19(10)39(32,33)27-18(35-36(28)29)11-2-3-12(9-26)15(8-11)38(30,31)20(22,23)24/h2-5,8,18,27H,6-7,25H2,1H3. The first-order chi connectivity index (χ1) is 18.0. The first-order valence-corrected chi connectivity index (χ1v) is 15.5. The molecule has 3 aromatic rings. The molecule has 1 heterocycles. The third-order valence-corrected chi connectivity index (χ3v) is 10.6. The molecular formula is C20H16ClF3N3O8PS3. The number of nitriles is 1. The van der Waals surface area contributed by atoms with Crippen LogP contribution in [0.5, 0.6) is 5.75 Å². The SMILES string of the molecule is Cc1c(S(=O)(=O)NC(O[P+](=O)[O-])c2ccc(C#N)c(S(=O)(=O)C(F)(F)F)c2)sc2ccc(OCCN)c(Cl)c12. The monoisotopic (exact) mass is 645 g/mol. The predicted molar refractivity (Wildman–Crippen MR) is 132 cm³/mol. The van der Waals surface area contributed by atoms with Gasteiger partial charge in [-0.15, -0.1) is 15.9 Å². The number of benzene rings is 2. The van der Waals surface area contributed by atoms with Crippen molar-refractivity contribution in [3.05, 3.63) is 52.0 Å². The molecular weight excluding hydrogens is 630 g/mol. The Labute approximate surface area is 229 Å². The third kappa shape index (κ3) is 6.35. The van der Waals surface area contributed by atoms with E-state index in [4.69, 9.17) is 27.3 Å². The van der Waals surface area contributed by atoms with Crippen molar-refractivity contribution in [3.63, 3.8) is 0 Å². The Balaban J connectivity index is 2.12. The summed E-state index contributed by atoms with van der Waals surface area (Å²) in [6, 6.07) is 6.12. The van der Waals surface area contributed by atoms with Crippen LogP contribution in [0.15, 0.2) is 39.4 Å². The highest BCUT2D eigenvalue weighted by molar-refractivity contribution is 7.92. The summed E-state index contributed by atoms with van der Waals surface area (Å²) in [6.45, 7) is 1.72. The van der Waals surface area contributed by atoms with E-state index in [9.17, 15) is 39.5 Å². The number of hydrogen-bond donors (Lipinski definition) is 2. The third-order valence-electron chi connectivity index (χ3n) is 5.05. The molecule has 0 bridgehead atoms. The highest BCUT2D eigenvalue weighted by Crippen LogP contribution is 2.43. The van der Waals surface area contributed by atoms with Crippen LogP contribution in [0.4, 0.5) is 13.2 Å². The van der Waals surface area contributed by atoms with Crippen LogP contribution < -0.4 is 20.1 Å². The van der Waals surface area contributed by atoms with Crippen LogP contribution in [0.3, 0.4) is 0 Å². The van der Waals surface area contributed by atoms with Crippen LogP contribution in [0.1, 0.15) is 22.9 Å². The van der Waals surface area contributed by atoms with Crippen LogP contribution in [0.2, 0.25) is 5.02 Å². The number of hydrogen-bond acceptors (Lipinski definition) is 11. The van der Waals surface area contributed by atoms with Gasteiger partial charge in [0.25, 0.3) is 19.9 Å². The molecule has 0 saturated heterocycles.